The molecule has 6 nitrogen and oxygen atoms in total. The fourth-order valence-corrected chi connectivity index (χ4v) is 3.52. The van der Waals surface area contributed by atoms with E-state index in [1.807, 2.05) is 81.4 Å². The molecule has 0 aliphatic carbocycles. The van der Waals surface area contributed by atoms with Crippen LogP contribution in [0.2, 0.25) is 0 Å². The molecular formula is C22H26N4O2S. The summed E-state index contributed by atoms with van der Waals surface area (Å²) in [4.78, 5) is 15.3. The number of rotatable bonds is 6. The number of carbonyl (C=O) groups excluding carboxylic acids is 1. The molecular weight excluding hydrogens is 384 g/mol. The monoisotopic (exact) mass is 410 g/mol. The number of nitrogens with one attached hydrogen (secondary N) is 3. The Bertz CT molecular complexity index is 938. The van der Waals surface area contributed by atoms with Gasteiger partial charge in [0.25, 0.3) is 5.91 Å². The number of hydrogen-bond acceptors (Lipinski definition) is 4. The summed E-state index contributed by atoms with van der Waals surface area (Å²) in [5.74, 6) is 0.430. The van der Waals surface area contributed by atoms with Crippen LogP contribution in [-0.4, -0.2) is 31.7 Å². The normalized spacial score (nSPS) is 16.0. The van der Waals surface area contributed by atoms with Gasteiger partial charge >= 0.3 is 0 Å². The topological polar surface area (TPSA) is 65.6 Å². The molecule has 2 aromatic rings. The van der Waals surface area contributed by atoms with Crippen molar-refractivity contribution >= 4 is 34.6 Å². The molecule has 3 N–H and O–H groups in total. The minimum atomic E-state index is -0.348. The van der Waals surface area contributed by atoms with E-state index in [1.54, 1.807) is 0 Å². The van der Waals surface area contributed by atoms with Crippen LogP contribution in [0.25, 0.3) is 0 Å². The van der Waals surface area contributed by atoms with Crippen molar-refractivity contribution in [3.8, 4) is 5.75 Å². The molecule has 29 heavy (non-hydrogen) atoms. The first kappa shape index (κ1) is 20.7. The Balaban J connectivity index is 1.92. The predicted octanol–water partition coefficient (Wildman–Crippen LogP) is 3.58. The van der Waals surface area contributed by atoms with Gasteiger partial charge in [-0.2, -0.15) is 0 Å². The standard InChI is InChI=1S/C22H26N4O2S/c1-5-28-18-9-7-6-8-17(18)24-21(27)19-14(2)23-22(29)25-20(19)15-10-12-16(13-11-15)26(3)4/h6-13,20H,5H2,1-4H3,(H,24,27)(H2,23,25,29). The number of benzene rings is 2. The molecule has 2 aromatic carbocycles. The number of thiocarbonyl (C=S) groups is 1. The summed E-state index contributed by atoms with van der Waals surface area (Å²) in [5, 5.41) is 9.77. The predicted molar refractivity (Wildman–Crippen MR) is 121 cm³/mol. The van der Waals surface area contributed by atoms with Crippen molar-refractivity contribution < 1.29 is 9.53 Å². The number of hydrogen-bond donors (Lipinski definition) is 3. The van der Waals surface area contributed by atoms with Crippen LogP contribution >= 0.6 is 12.2 Å². The molecule has 0 saturated heterocycles. The zero-order valence-corrected chi connectivity index (χ0v) is 17.9. The third-order valence-corrected chi connectivity index (χ3v) is 4.91. The van der Waals surface area contributed by atoms with Gasteiger partial charge in [-0.05, 0) is 55.9 Å². The summed E-state index contributed by atoms with van der Waals surface area (Å²) >= 11 is 5.34. The average molecular weight is 411 g/mol. The molecule has 0 saturated carbocycles. The third kappa shape index (κ3) is 4.68. The first-order valence-electron chi connectivity index (χ1n) is 9.49. The minimum absolute atomic E-state index is 0.209. The first-order valence-corrected chi connectivity index (χ1v) is 9.90. The Morgan fingerprint density at radius 3 is 2.52 bits per heavy atom. The number of anilines is 2. The molecule has 0 aromatic heterocycles. The van der Waals surface area contributed by atoms with Crippen molar-refractivity contribution in [3.05, 3.63) is 65.4 Å². The van der Waals surface area contributed by atoms with E-state index in [1.165, 1.54) is 0 Å². The lowest BCUT2D eigenvalue weighted by molar-refractivity contribution is -0.113. The smallest absolute Gasteiger partial charge is 0.255 e. The van der Waals surface area contributed by atoms with Gasteiger partial charge in [0, 0.05) is 25.5 Å². The molecule has 3 rings (SSSR count). The van der Waals surface area contributed by atoms with Crippen molar-refractivity contribution in [2.24, 2.45) is 0 Å². The van der Waals surface area contributed by atoms with Gasteiger partial charge in [-0.3, -0.25) is 4.79 Å². The number of ether oxygens (including phenoxy) is 1. The largest absolute Gasteiger partial charge is 0.492 e. The Morgan fingerprint density at radius 1 is 1.17 bits per heavy atom. The molecule has 1 atom stereocenters. The number of nitrogens with zero attached hydrogens (tertiary/aromatic N) is 1. The van der Waals surface area contributed by atoms with Crippen LogP contribution in [0.4, 0.5) is 11.4 Å². The van der Waals surface area contributed by atoms with Crippen molar-refractivity contribution in [2.45, 2.75) is 19.9 Å². The van der Waals surface area contributed by atoms with E-state index in [0.29, 0.717) is 28.7 Å². The van der Waals surface area contributed by atoms with Crippen molar-refractivity contribution in [3.63, 3.8) is 0 Å². The second kappa shape index (κ2) is 8.96. The first-order chi connectivity index (χ1) is 13.9. The molecule has 0 radical (unpaired) electrons. The zero-order valence-electron chi connectivity index (χ0n) is 17.1. The number of amides is 1. The third-order valence-electron chi connectivity index (χ3n) is 4.69. The molecule has 1 unspecified atom stereocenters. The van der Waals surface area contributed by atoms with E-state index in [2.05, 4.69) is 16.0 Å². The lowest BCUT2D eigenvalue weighted by Crippen LogP contribution is -2.45. The quantitative estimate of drug-likeness (QED) is 0.633. The van der Waals surface area contributed by atoms with Crippen molar-refractivity contribution in [2.75, 3.05) is 30.9 Å². The second-order valence-corrected chi connectivity index (χ2v) is 7.35. The maximum atomic E-state index is 13.2. The van der Waals surface area contributed by atoms with Gasteiger partial charge < -0.3 is 25.6 Å². The summed E-state index contributed by atoms with van der Waals surface area (Å²) in [5.41, 5.74) is 3.99. The Kier molecular flexibility index (Phi) is 6.39. The Labute approximate surface area is 176 Å². The fraction of sp³-hybridized carbons (Fsp3) is 0.273. The molecule has 1 amide bonds. The number of para-hydroxylation sites is 2. The van der Waals surface area contributed by atoms with Gasteiger partial charge in [-0.1, -0.05) is 24.3 Å². The summed E-state index contributed by atoms with van der Waals surface area (Å²) in [6.07, 6.45) is 0. The van der Waals surface area contributed by atoms with Crippen LogP contribution in [0.5, 0.6) is 5.75 Å². The fourth-order valence-electron chi connectivity index (χ4n) is 3.25. The Hall–Kier alpha value is -3.06. The summed E-state index contributed by atoms with van der Waals surface area (Å²) in [6.45, 7) is 4.29. The highest BCUT2D eigenvalue weighted by Gasteiger charge is 2.30. The van der Waals surface area contributed by atoms with Gasteiger partial charge in [0.1, 0.15) is 5.75 Å². The SMILES string of the molecule is CCOc1ccccc1NC(=O)C1=C(C)NC(=S)NC1c1ccc(N(C)C)cc1. The molecule has 0 bridgehead atoms. The van der Waals surface area contributed by atoms with Crippen LogP contribution in [-0.2, 0) is 4.79 Å². The van der Waals surface area contributed by atoms with E-state index in [9.17, 15) is 4.79 Å². The zero-order chi connectivity index (χ0) is 21.0. The summed E-state index contributed by atoms with van der Waals surface area (Å²) < 4.78 is 5.63. The molecule has 7 heteroatoms. The van der Waals surface area contributed by atoms with Crippen molar-refractivity contribution in [1.29, 1.82) is 0 Å². The molecule has 1 aliphatic rings. The van der Waals surface area contributed by atoms with Crippen LogP contribution in [0.15, 0.2) is 59.8 Å². The summed E-state index contributed by atoms with van der Waals surface area (Å²) in [7, 11) is 3.98. The van der Waals surface area contributed by atoms with E-state index in [0.717, 1.165) is 16.9 Å². The van der Waals surface area contributed by atoms with E-state index < -0.39 is 0 Å². The van der Waals surface area contributed by atoms with Gasteiger partial charge in [-0.25, -0.2) is 0 Å². The van der Waals surface area contributed by atoms with Gasteiger partial charge in [0.2, 0.25) is 0 Å². The minimum Gasteiger partial charge on any atom is -0.492 e. The van der Waals surface area contributed by atoms with Gasteiger partial charge in [-0.15, -0.1) is 0 Å². The van der Waals surface area contributed by atoms with E-state index >= 15 is 0 Å². The van der Waals surface area contributed by atoms with Crippen LogP contribution in [0, 0.1) is 0 Å². The highest BCUT2D eigenvalue weighted by molar-refractivity contribution is 7.80. The highest BCUT2D eigenvalue weighted by Crippen LogP contribution is 2.30. The number of allylic oxidation sites excluding steroid dienone is 1. The maximum Gasteiger partial charge on any atom is 0.255 e. The lowest BCUT2D eigenvalue weighted by atomic mass is 9.94. The van der Waals surface area contributed by atoms with Gasteiger partial charge in [0.05, 0.1) is 23.9 Å². The summed E-state index contributed by atoms with van der Waals surface area (Å²) in [6, 6.07) is 15.1. The van der Waals surface area contributed by atoms with E-state index in [4.69, 9.17) is 17.0 Å². The highest BCUT2D eigenvalue weighted by atomic mass is 32.1. The lowest BCUT2D eigenvalue weighted by Gasteiger charge is -2.30. The number of carbonyl (C=O) groups is 1. The second-order valence-electron chi connectivity index (χ2n) is 6.94. The molecule has 1 aliphatic heterocycles. The van der Waals surface area contributed by atoms with Crippen molar-refractivity contribution in [1.82, 2.24) is 10.6 Å². The van der Waals surface area contributed by atoms with Crippen LogP contribution in [0.1, 0.15) is 25.5 Å². The Morgan fingerprint density at radius 2 is 1.86 bits per heavy atom. The molecule has 0 spiro atoms. The van der Waals surface area contributed by atoms with Crippen LogP contribution < -0.4 is 25.6 Å². The van der Waals surface area contributed by atoms with Gasteiger partial charge in [0.15, 0.2) is 5.11 Å². The molecule has 152 valence electrons. The van der Waals surface area contributed by atoms with Crippen LogP contribution in [0.3, 0.4) is 0 Å². The van der Waals surface area contributed by atoms with E-state index in [-0.39, 0.29) is 11.9 Å². The molecule has 0 fully saturated rings. The molecule has 1 heterocycles. The maximum absolute atomic E-state index is 13.2. The average Bonchev–Trinajstić information content (AvgIpc) is 2.69.